The first-order chi connectivity index (χ1) is 11.9. The van der Waals surface area contributed by atoms with Crippen molar-refractivity contribution in [1.82, 2.24) is 29.7 Å². The van der Waals surface area contributed by atoms with Crippen molar-refractivity contribution in [2.45, 2.75) is 39.3 Å². The molecule has 4 aromatic rings. The molecule has 0 spiro atoms. The summed E-state index contributed by atoms with van der Waals surface area (Å²) in [6, 6.07) is 7.98. The fourth-order valence-corrected chi connectivity index (χ4v) is 2.90. The number of H-pyrrole nitrogens is 1. The van der Waals surface area contributed by atoms with Gasteiger partial charge in [0.15, 0.2) is 5.65 Å². The summed E-state index contributed by atoms with van der Waals surface area (Å²) in [5.41, 5.74) is 2.67. The predicted molar refractivity (Wildman–Crippen MR) is 98.5 cm³/mol. The number of imidazole rings is 1. The highest BCUT2D eigenvalue weighted by Gasteiger charge is 2.20. The molecule has 0 unspecified atom stereocenters. The van der Waals surface area contributed by atoms with Crippen LogP contribution in [0.4, 0.5) is 5.82 Å². The van der Waals surface area contributed by atoms with Gasteiger partial charge in [-0.2, -0.15) is 5.10 Å². The van der Waals surface area contributed by atoms with Gasteiger partial charge in [0.05, 0.1) is 34.2 Å². The average Bonchev–Trinajstić information content (AvgIpc) is 3.19. The lowest BCUT2D eigenvalue weighted by Gasteiger charge is -2.19. The van der Waals surface area contributed by atoms with Crippen LogP contribution in [0.3, 0.4) is 0 Å². The second-order valence-corrected chi connectivity index (χ2v) is 7.19. The molecule has 0 fully saturated rings. The van der Waals surface area contributed by atoms with Crippen molar-refractivity contribution in [3.8, 4) is 0 Å². The Morgan fingerprint density at radius 3 is 2.72 bits per heavy atom. The van der Waals surface area contributed by atoms with Crippen molar-refractivity contribution >= 4 is 27.9 Å². The van der Waals surface area contributed by atoms with Crippen LogP contribution in [0.5, 0.6) is 0 Å². The van der Waals surface area contributed by atoms with Crippen LogP contribution in [0.1, 0.15) is 39.6 Å². The van der Waals surface area contributed by atoms with Gasteiger partial charge < -0.3 is 10.3 Å². The molecule has 0 aliphatic heterocycles. The highest BCUT2D eigenvalue weighted by atomic mass is 15.3. The Bertz CT molecular complexity index is 1010. The van der Waals surface area contributed by atoms with E-state index in [0.29, 0.717) is 0 Å². The van der Waals surface area contributed by atoms with Crippen molar-refractivity contribution in [1.29, 1.82) is 0 Å². The summed E-state index contributed by atoms with van der Waals surface area (Å²) in [7, 11) is 0. The molecule has 4 rings (SSSR count). The molecule has 0 saturated carbocycles. The molecular weight excluding hydrogens is 314 g/mol. The van der Waals surface area contributed by atoms with E-state index in [-0.39, 0.29) is 11.6 Å². The molecule has 3 heterocycles. The van der Waals surface area contributed by atoms with Crippen LogP contribution >= 0.6 is 0 Å². The fourth-order valence-electron chi connectivity index (χ4n) is 2.90. The zero-order valence-electron chi connectivity index (χ0n) is 14.8. The molecule has 0 bridgehead atoms. The number of para-hydroxylation sites is 2. The van der Waals surface area contributed by atoms with Gasteiger partial charge in [0.2, 0.25) is 0 Å². The van der Waals surface area contributed by atoms with Crippen LogP contribution in [-0.4, -0.2) is 29.7 Å². The Kier molecular flexibility index (Phi) is 3.45. The minimum absolute atomic E-state index is 0.0245. The van der Waals surface area contributed by atoms with Crippen molar-refractivity contribution in [3.05, 3.63) is 42.6 Å². The second-order valence-electron chi connectivity index (χ2n) is 7.19. The van der Waals surface area contributed by atoms with Gasteiger partial charge in [0, 0.05) is 0 Å². The zero-order chi connectivity index (χ0) is 17.6. The van der Waals surface area contributed by atoms with Crippen molar-refractivity contribution in [2.24, 2.45) is 0 Å². The lowest BCUT2D eigenvalue weighted by atomic mass is 10.1. The first kappa shape index (κ1) is 15.6. The molecule has 1 atom stereocenters. The number of hydrogen-bond acceptors (Lipinski definition) is 5. The normalized spacial score (nSPS) is 13.4. The first-order valence-electron chi connectivity index (χ1n) is 8.34. The highest BCUT2D eigenvalue weighted by Crippen LogP contribution is 2.26. The topological polar surface area (TPSA) is 84.3 Å². The number of rotatable bonds is 3. The summed E-state index contributed by atoms with van der Waals surface area (Å²) in [5.74, 6) is 1.63. The maximum atomic E-state index is 4.65. The van der Waals surface area contributed by atoms with Crippen LogP contribution in [-0.2, 0) is 5.54 Å². The van der Waals surface area contributed by atoms with E-state index >= 15 is 0 Å². The minimum atomic E-state index is -0.141. The SMILES string of the molecule is C[C@H](Nc1ncnc2c1cnn2C(C)(C)C)c1nc2ccccc2[nH]1. The van der Waals surface area contributed by atoms with Crippen molar-refractivity contribution in [3.63, 3.8) is 0 Å². The molecule has 0 aliphatic carbocycles. The molecular formula is C18H21N7. The highest BCUT2D eigenvalue weighted by molar-refractivity contribution is 5.86. The van der Waals surface area contributed by atoms with E-state index in [4.69, 9.17) is 0 Å². The van der Waals surface area contributed by atoms with E-state index in [1.807, 2.05) is 35.1 Å². The smallest absolute Gasteiger partial charge is 0.163 e. The summed E-state index contributed by atoms with van der Waals surface area (Å²) in [4.78, 5) is 16.8. The van der Waals surface area contributed by atoms with E-state index in [1.165, 1.54) is 0 Å². The molecule has 0 amide bonds. The number of benzene rings is 1. The minimum Gasteiger partial charge on any atom is -0.360 e. The number of aromatic nitrogens is 6. The van der Waals surface area contributed by atoms with Gasteiger partial charge in [-0.15, -0.1) is 0 Å². The Labute approximate surface area is 145 Å². The molecule has 3 aromatic heterocycles. The molecule has 0 saturated heterocycles. The summed E-state index contributed by atoms with van der Waals surface area (Å²) in [6.07, 6.45) is 3.38. The predicted octanol–water partition coefficient (Wildman–Crippen LogP) is 3.63. The Hall–Kier alpha value is -2.96. The number of fused-ring (bicyclic) bond motifs is 2. The monoisotopic (exact) mass is 335 g/mol. The largest absolute Gasteiger partial charge is 0.360 e. The van der Waals surface area contributed by atoms with Gasteiger partial charge in [0.25, 0.3) is 0 Å². The van der Waals surface area contributed by atoms with E-state index in [0.717, 1.165) is 33.7 Å². The fraction of sp³-hybridized carbons (Fsp3) is 0.333. The quantitative estimate of drug-likeness (QED) is 0.597. The molecule has 128 valence electrons. The van der Waals surface area contributed by atoms with E-state index in [1.54, 1.807) is 6.33 Å². The Morgan fingerprint density at radius 1 is 1.16 bits per heavy atom. The maximum Gasteiger partial charge on any atom is 0.163 e. The molecule has 1 aromatic carbocycles. The van der Waals surface area contributed by atoms with Gasteiger partial charge in [0.1, 0.15) is 18.0 Å². The lowest BCUT2D eigenvalue weighted by molar-refractivity contribution is 0.366. The number of anilines is 1. The van der Waals surface area contributed by atoms with Crippen LogP contribution < -0.4 is 5.32 Å². The first-order valence-corrected chi connectivity index (χ1v) is 8.34. The summed E-state index contributed by atoms with van der Waals surface area (Å²) in [6.45, 7) is 8.36. The lowest BCUT2D eigenvalue weighted by Crippen LogP contribution is -2.23. The molecule has 25 heavy (non-hydrogen) atoms. The number of hydrogen-bond donors (Lipinski definition) is 2. The van der Waals surface area contributed by atoms with Crippen LogP contribution in [0, 0.1) is 0 Å². The van der Waals surface area contributed by atoms with E-state index in [2.05, 4.69) is 58.0 Å². The van der Waals surface area contributed by atoms with Gasteiger partial charge in [-0.05, 0) is 39.8 Å². The van der Waals surface area contributed by atoms with Crippen LogP contribution in [0.25, 0.3) is 22.1 Å². The summed E-state index contributed by atoms with van der Waals surface area (Å²) < 4.78 is 1.92. The molecule has 7 heteroatoms. The molecule has 2 N–H and O–H groups in total. The van der Waals surface area contributed by atoms with Crippen LogP contribution in [0.15, 0.2) is 36.8 Å². The summed E-state index contributed by atoms with van der Waals surface area (Å²) in [5, 5.41) is 8.82. The van der Waals surface area contributed by atoms with Gasteiger partial charge >= 0.3 is 0 Å². The number of nitrogens with zero attached hydrogens (tertiary/aromatic N) is 5. The number of aromatic amines is 1. The second kappa shape index (κ2) is 5.54. The zero-order valence-corrected chi connectivity index (χ0v) is 14.8. The summed E-state index contributed by atoms with van der Waals surface area (Å²) >= 11 is 0. The van der Waals surface area contributed by atoms with Crippen molar-refractivity contribution in [2.75, 3.05) is 5.32 Å². The number of nitrogens with one attached hydrogen (secondary N) is 2. The van der Waals surface area contributed by atoms with Gasteiger partial charge in [-0.25, -0.2) is 19.6 Å². The van der Waals surface area contributed by atoms with Crippen molar-refractivity contribution < 1.29 is 0 Å². The molecule has 0 radical (unpaired) electrons. The average molecular weight is 335 g/mol. The van der Waals surface area contributed by atoms with Gasteiger partial charge in [-0.3, -0.25) is 0 Å². The maximum absolute atomic E-state index is 4.65. The van der Waals surface area contributed by atoms with Gasteiger partial charge in [-0.1, -0.05) is 12.1 Å². The molecule has 7 nitrogen and oxygen atoms in total. The third kappa shape index (κ3) is 2.71. The molecule has 0 aliphatic rings. The van der Waals surface area contributed by atoms with E-state index in [9.17, 15) is 0 Å². The Balaban J connectivity index is 1.69. The van der Waals surface area contributed by atoms with E-state index < -0.39 is 0 Å². The standard InChI is InChI=1S/C18H21N7/c1-11(15-23-13-7-5-6-8-14(13)24-15)22-16-12-9-21-25(18(2,3)4)17(12)20-10-19-16/h5-11H,1-4H3,(H,23,24)(H,19,20,22)/t11-/m0/s1. The third-order valence-electron chi connectivity index (χ3n) is 4.17. The Morgan fingerprint density at radius 2 is 1.96 bits per heavy atom. The third-order valence-corrected chi connectivity index (χ3v) is 4.17. The van der Waals surface area contributed by atoms with Crippen LogP contribution in [0.2, 0.25) is 0 Å².